The van der Waals surface area contributed by atoms with Gasteiger partial charge in [-0.2, -0.15) is 0 Å². The molecular weight excluding hydrogens is 257 g/mol. The molecule has 3 nitrogen and oxygen atoms in total. The molecule has 20 heavy (non-hydrogen) atoms. The zero-order valence-electron chi connectivity index (χ0n) is 12.7. The molecule has 0 amide bonds. The van der Waals surface area contributed by atoms with Gasteiger partial charge in [-0.15, -0.1) is 0 Å². The number of ether oxygens (including phenoxy) is 1. The van der Waals surface area contributed by atoms with Crippen LogP contribution in [0.5, 0.6) is 0 Å². The lowest BCUT2D eigenvalue weighted by Crippen LogP contribution is -2.24. The minimum absolute atomic E-state index is 0.0294. The third-order valence-corrected chi connectivity index (χ3v) is 3.08. The molecule has 0 aromatic heterocycles. The van der Waals surface area contributed by atoms with Gasteiger partial charge in [0.25, 0.3) is 0 Å². The third kappa shape index (κ3) is 5.29. The second-order valence-electron chi connectivity index (χ2n) is 6.06. The van der Waals surface area contributed by atoms with Gasteiger partial charge in [0.15, 0.2) is 0 Å². The van der Waals surface area contributed by atoms with E-state index in [1.807, 2.05) is 27.7 Å². The van der Waals surface area contributed by atoms with E-state index in [2.05, 4.69) is 0 Å². The number of hydrogen-bond donors (Lipinski definition) is 1. The van der Waals surface area contributed by atoms with Crippen molar-refractivity contribution in [1.29, 1.82) is 0 Å². The van der Waals surface area contributed by atoms with Gasteiger partial charge in [-0.25, -0.2) is 4.39 Å². The molecule has 1 aromatic carbocycles. The maximum Gasteiger partial charge on any atom is 0.306 e. The summed E-state index contributed by atoms with van der Waals surface area (Å²) in [5.74, 6) is -0.551. The molecule has 0 aliphatic heterocycles. The molecule has 0 saturated heterocycles. The van der Waals surface area contributed by atoms with Gasteiger partial charge in [-0.1, -0.05) is 6.07 Å². The SMILES string of the molecule is Cc1ccc(F)cc1C(CN)CCC(=O)OC(C)(C)C. The number of carbonyl (C=O) groups excluding carboxylic acids is 1. The van der Waals surface area contributed by atoms with Crippen molar-refractivity contribution in [2.75, 3.05) is 6.54 Å². The van der Waals surface area contributed by atoms with Crippen molar-refractivity contribution in [2.24, 2.45) is 5.73 Å². The van der Waals surface area contributed by atoms with Crippen LogP contribution >= 0.6 is 0 Å². The highest BCUT2D eigenvalue weighted by atomic mass is 19.1. The minimum Gasteiger partial charge on any atom is -0.460 e. The highest BCUT2D eigenvalue weighted by Gasteiger charge is 2.19. The second-order valence-corrected chi connectivity index (χ2v) is 6.06. The minimum atomic E-state index is -0.482. The highest BCUT2D eigenvalue weighted by molar-refractivity contribution is 5.69. The van der Waals surface area contributed by atoms with Crippen molar-refractivity contribution in [3.63, 3.8) is 0 Å². The van der Waals surface area contributed by atoms with Crippen LogP contribution in [0.25, 0.3) is 0 Å². The average molecular weight is 281 g/mol. The molecular formula is C16H24FNO2. The summed E-state index contributed by atoms with van der Waals surface area (Å²) in [6, 6.07) is 4.67. The van der Waals surface area contributed by atoms with Crippen molar-refractivity contribution in [2.45, 2.75) is 52.1 Å². The predicted octanol–water partition coefficient (Wildman–Crippen LogP) is 3.30. The maximum atomic E-state index is 13.3. The second kappa shape index (κ2) is 6.84. The van der Waals surface area contributed by atoms with E-state index in [4.69, 9.17) is 10.5 Å². The molecule has 1 rings (SSSR count). The molecule has 0 bridgehead atoms. The van der Waals surface area contributed by atoms with Crippen molar-refractivity contribution < 1.29 is 13.9 Å². The summed E-state index contributed by atoms with van der Waals surface area (Å²) in [5.41, 5.74) is 7.14. The first-order chi connectivity index (χ1) is 9.23. The number of aryl methyl sites for hydroxylation is 1. The van der Waals surface area contributed by atoms with Crippen LogP contribution in [0.4, 0.5) is 4.39 Å². The zero-order chi connectivity index (χ0) is 15.3. The van der Waals surface area contributed by atoms with Crippen LogP contribution < -0.4 is 5.73 Å². The van der Waals surface area contributed by atoms with Crippen LogP contribution in [0.2, 0.25) is 0 Å². The molecule has 0 radical (unpaired) electrons. The number of rotatable bonds is 5. The molecule has 0 fully saturated rings. The largest absolute Gasteiger partial charge is 0.460 e. The Morgan fingerprint density at radius 3 is 2.60 bits per heavy atom. The summed E-state index contributed by atoms with van der Waals surface area (Å²) >= 11 is 0. The average Bonchev–Trinajstić information content (AvgIpc) is 2.32. The molecule has 0 saturated carbocycles. The first kappa shape index (κ1) is 16.6. The molecule has 0 spiro atoms. The molecule has 112 valence electrons. The standard InChI is InChI=1S/C16H24FNO2/c1-11-5-7-13(17)9-14(11)12(10-18)6-8-15(19)20-16(2,3)4/h5,7,9,12H,6,8,10,18H2,1-4H3. The lowest BCUT2D eigenvalue weighted by Gasteiger charge is -2.21. The van der Waals surface area contributed by atoms with Crippen molar-refractivity contribution >= 4 is 5.97 Å². The predicted molar refractivity (Wildman–Crippen MR) is 78.0 cm³/mol. The van der Waals surface area contributed by atoms with Crippen LogP contribution in [0.3, 0.4) is 0 Å². The molecule has 1 atom stereocenters. The lowest BCUT2D eigenvalue weighted by molar-refractivity contribution is -0.155. The molecule has 0 aliphatic rings. The number of carbonyl (C=O) groups is 1. The summed E-state index contributed by atoms with van der Waals surface area (Å²) in [4.78, 5) is 11.7. The number of halogens is 1. The smallest absolute Gasteiger partial charge is 0.306 e. The topological polar surface area (TPSA) is 52.3 Å². The molecule has 1 unspecified atom stereocenters. The lowest BCUT2D eigenvalue weighted by atomic mass is 9.91. The van der Waals surface area contributed by atoms with E-state index in [-0.39, 0.29) is 24.1 Å². The van der Waals surface area contributed by atoms with Gasteiger partial charge in [-0.3, -0.25) is 4.79 Å². The summed E-state index contributed by atoms with van der Waals surface area (Å²) in [7, 11) is 0. The van der Waals surface area contributed by atoms with E-state index < -0.39 is 5.60 Å². The van der Waals surface area contributed by atoms with Crippen LogP contribution in [-0.4, -0.2) is 18.1 Å². The summed E-state index contributed by atoms with van der Waals surface area (Å²) in [5, 5.41) is 0. The Hall–Kier alpha value is -1.42. The fourth-order valence-corrected chi connectivity index (χ4v) is 2.14. The highest BCUT2D eigenvalue weighted by Crippen LogP contribution is 2.25. The Morgan fingerprint density at radius 2 is 2.05 bits per heavy atom. The fourth-order valence-electron chi connectivity index (χ4n) is 2.14. The van der Waals surface area contributed by atoms with Crippen LogP contribution in [0, 0.1) is 12.7 Å². The zero-order valence-corrected chi connectivity index (χ0v) is 12.7. The Labute approximate surface area is 120 Å². The summed E-state index contributed by atoms with van der Waals surface area (Å²) in [6.45, 7) is 7.81. The van der Waals surface area contributed by atoms with Crippen molar-refractivity contribution in [3.05, 3.63) is 35.1 Å². The maximum absolute atomic E-state index is 13.3. The van der Waals surface area contributed by atoms with E-state index in [9.17, 15) is 9.18 Å². The van der Waals surface area contributed by atoms with Crippen molar-refractivity contribution in [3.8, 4) is 0 Å². The van der Waals surface area contributed by atoms with Gasteiger partial charge in [0, 0.05) is 6.42 Å². The van der Waals surface area contributed by atoms with E-state index in [1.54, 1.807) is 6.07 Å². The van der Waals surface area contributed by atoms with E-state index >= 15 is 0 Å². The number of esters is 1. The number of benzene rings is 1. The summed E-state index contributed by atoms with van der Waals surface area (Å²) < 4.78 is 18.6. The van der Waals surface area contributed by atoms with E-state index in [0.717, 1.165) is 11.1 Å². The van der Waals surface area contributed by atoms with Crippen LogP contribution in [0.15, 0.2) is 18.2 Å². The van der Waals surface area contributed by atoms with E-state index in [0.29, 0.717) is 13.0 Å². The normalized spacial score (nSPS) is 13.1. The Bertz CT molecular complexity index is 466. The molecule has 0 aliphatic carbocycles. The van der Waals surface area contributed by atoms with Crippen LogP contribution in [-0.2, 0) is 9.53 Å². The number of hydrogen-bond acceptors (Lipinski definition) is 3. The first-order valence-corrected chi connectivity index (χ1v) is 6.91. The quantitative estimate of drug-likeness (QED) is 0.842. The van der Waals surface area contributed by atoms with Gasteiger partial charge in [0.2, 0.25) is 0 Å². The van der Waals surface area contributed by atoms with Gasteiger partial charge < -0.3 is 10.5 Å². The Morgan fingerprint density at radius 1 is 1.40 bits per heavy atom. The van der Waals surface area contributed by atoms with E-state index in [1.165, 1.54) is 12.1 Å². The molecule has 4 heteroatoms. The molecule has 1 aromatic rings. The van der Waals surface area contributed by atoms with Gasteiger partial charge in [-0.05, 0) is 69.8 Å². The van der Waals surface area contributed by atoms with Crippen molar-refractivity contribution in [1.82, 2.24) is 0 Å². The van der Waals surface area contributed by atoms with Gasteiger partial charge in [0.1, 0.15) is 11.4 Å². The fraction of sp³-hybridized carbons (Fsp3) is 0.562. The summed E-state index contributed by atoms with van der Waals surface area (Å²) in [6.07, 6.45) is 0.852. The molecule has 0 heterocycles. The van der Waals surface area contributed by atoms with Gasteiger partial charge >= 0.3 is 5.97 Å². The van der Waals surface area contributed by atoms with Gasteiger partial charge in [0.05, 0.1) is 0 Å². The van der Waals surface area contributed by atoms with Crippen LogP contribution in [0.1, 0.15) is 50.7 Å². The monoisotopic (exact) mass is 281 g/mol. The number of nitrogens with two attached hydrogens (primary N) is 1. The third-order valence-electron chi connectivity index (χ3n) is 3.08. The Balaban J connectivity index is 2.68. The first-order valence-electron chi connectivity index (χ1n) is 6.91. The molecule has 2 N–H and O–H groups in total. The Kier molecular flexibility index (Phi) is 5.69.